The maximum atomic E-state index is 8.55. The van der Waals surface area contributed by atoms with E-state index in [1.54, 1.807) is 0 Å². The zero-order valence-corrected chi connectivity index (χ0v) is 12.3. The Morgan fingerprint density at radius 2 is 1.14 bits per heavy atom. The van der Waals surface area contributed by atoms with Gasteiger partial charge in [0.05, 0.1) is 0 Å². The molecule has 0 atom stereocenters. The molecule has 0 bridgehead atoms. The largest absolute Gasteiger partial charge is 2.00 e. The molecule has 7 heavy (non-hydrogen) atoms. The summed E-state index contributed by atoms with van der Waals surface area (Å²) in [5, 5.41) is 0. The van der Waals surface area contributed by atoms with Crippen molar-refractivity contribution in [2.45, 2.75) is 0 Å². The molecule has 0 amide bonds. The molecule has 0 N–H and O–H groups in total. The van der Waals surface area contributed by atoms with Gasteiger partial charge in [-0.2, -0.15) is 7.82 Å². The first kappa shape index (κ1) is 16.6. The van der Waals surface area contributed by atoms with E-state index in [0.29, 0.717) is 0 Å². The van der Waals surface area contributed by atoms with Crippen LogP contribution in [0.15, 0.2) is 0 Å². The third-order valence-electron chi connectivity index (χ3n) is 0. The monoisotopic (exact) mass is 321 g/mol. The van der Waals surface area contributed by atoms with Crippen LogP contribution in [-0.2, 0) is 4.57 Å². The van der Waals surface area contributed by atoms with Gasteiger partial charge in [0.2, 0.25) is 0 Å². The van der Waals surface area contributed by atoms with Crippen LogP contribution in [0.3, 0.4) is 0 Å². The van der Waals surface area contributed by atoms with E-state index < -0.39 is 7.82 Å². The Hall–Kier alpha value is 3.16. The summed E-state index contributed by atoms with van der Waals surface area (Å²) in [4.78, 5) is 25.6. The van der Waals surface area contributed by atoms with Crippen LogP contribution in [0.25, 0.3) is 0 Å². The average molecular weight is 320 g/mol. The maximum absolute atomic E-state index is 8.55. The summed E-state index contributed by atoms with van der Waals surface area (Å²) in [6.07, 6.45) is 0. The van der Waals surface area contributed by atoms with Crippen molar-refractivity contribution in [1.29, 1.82) is 0 Å². The van der Waals surface area contributed by atoms with Gasteiger partial charge >= 0.3 is 94.4 Å². The van der Waals surface area contributed by atoms with Crippen molar-refractivity contribution in [2.24, 2.45) is 0 Å². The van der Waals surface area contributed by atoms with Gasteiger partial charge in [-0.3, -0.25) is 0 Å². The first-order chi connectivity index (χ1) is 2.00. The van der Waals surface area contributed by atoms with E-state index in [-0.39, 0.29) is 94.4 Å². The standard InChI is InChI=1S/Ba.H3O4P.Sr/c;1-5(2,3)4;/h;(H3,1,2,3,4);/q+2;;+2/p-3. The quantitative estimate of drug-likeness (QED) is 0.341. The summed E-state index contributed by atoms with van der Waals surface area (Å²) in [6.45, 7) is 0. The number of phosphoric acid groups is 1. The van der Waals surface area contributed by atoms with E-state index in [2.05, 4.69) is 0 Å². The molecule has 0 unspecified atom stereocenters. The Labute approximate surface area is 118 Å². The molecule has 0 saturated heterocycles. The topological polar surface area (TPSA) is 86.2 Å². The summed E-state index contributed by atoms with van der Waals surface area (Å²) in [6, 6.07) is 0. The molecule has 0 rings (SSSR count). The van der Waals surface area contributed by atoms with Crippen molar-refractivity contribution in [3.63, 3.8) is 0 Å². The average Bonchev–Trinajstić information content (AvgIpc) is 0.722. The predicted octanol–water partition coefficient (Wildman–Crippen LogP) is -3.59. The van der Waals surface area contributed by atoms with Gasteiger partial charge in [-0.15, -0.1) is 0 Å². The Morgan fingerprint density at radius 3 is 1.14 bits per heavy atom. The number of hydrogen-bond donors (Lipinski definition) is 0. The molecule has 32 valence electrons. The van der Waals surface area contributed by atoms with Gasteiger partial charge in [0.1, 0.15) is 0 Å². The van der Waals surface area contributed by atoms with Gasteiger partial charge in [-0.1, -0.05) is 0 Å². The molecule has 0 aliphatic heterocycles. The fourth-order valence-electron chi connectivity index (χ4n) is 0. The van der Waals surface area contributed by atoms with Crippen molar-refractivity contribution < 1.29 is 19.2 Å². The summed E-state index contributed by atoms with van der Waals surface area (Å²) in [5.74, 6) is 0. The van der Waals surface area contributed by atoms with Gasteiger partial charge in [-0.25, -0.2) is 0 Å². The Bertz CT molecular complexity index is 57.8. The zero-order chi connectivity index (χ0) is 4.50. The molecule has 0 spiro atoms. The molecule has 0 aromatic carbocycles. The van der Waals surface area contributed by atoms with E-state index in [9.17, 15) is 0 Å². The number of hydrogen-bond acceptors (Lipinski definition) is 4. The van der Waals surface area contributed by atoms with Crippen molar-refractivity contribution in [3.05, 3.63) is 0 Å². The molecular weight excluding hydrogens is 320 g/mol. The van der Waals surface area contributed by atoms with Crippen LogP contribution < -0.4 is 14.7 Å². The second-order valence-electron chi connectivity index (χ2n) is 0.447. The van der Waals surface area contributed by atoms with Crippen molar-refractivity contribution in [3.8, 4) is 0 Å². The maximum Gasteiger partial charge on any atom is 2.00 e. The molecule has 0 heterocycles. The third-order valence-corrected chi connectivity index (χ3v) is 0. The summed E-state index contributed by atoms with van der Waals surface area (Å²) in [7, 11) is -5.39. The minimum absolute atomic E-state index is 0. The smallest absolute Gasteiger partial charge is 0.822 e. The van der Waals surface area contributed by atoms with Gasteiger partial charge in [0, 0.05) is 0 Å². The minimum atomic E-state index is -5.39. The van der Waals surface area contributed by atoms with Crippen LogP contribution in [0.2, 0.25) is 0 Å². The summed E-state index contributed by atoms with van der Waals surface area (Å²) < 4.78 is 8.55. The van der Waals surface area contributed by atoms with E-state index in [1.807, 2.05) is 0 Å². The van der Waals surface area contributed by atoms with E-state index >= 15 is 0 Å². The SMILES string of the molecule is O=P([O-])([O-])[O-].[Ba+2].[Sr+2]. The fraction of sp³-hybridized carbons (Fsp3) is 0. The predicted molar refractivity (Wildman–Crippen MR) is 19.1 cm³/mol. The van der Waals surface area contributed by atoms with Crippen LogP contribution >= 0.6 is 7.82 Å². The second kappa shape index (κ2) is 7.27. The molecule has 0 aromatic rings. The molecule has 0 saturated carbocycles. The minimum Gasteiger partial charge on any atom is -0.822 e. The Kier molecular flexibility index (Phi) is 17.3. The molecule has 0 aliphatic rings. The van der Waals surface area contributed by atoms with Crippen molar-refractivity contribution >= 4 is 102 Å². The van der Waals surface area contributed by atoms with Crippen molar-refractivity contribution in [2.75, 3.05) is 0 Å². The first-order valence-electron chi connectivity index (χ1n) is 0.730. The molecule has 0 aliphatic carbocycles. The van der Waals surface area contributed by atoms with Crippen LogP contribution in [0.1, 0.15) is 0 Å². The first-order valence-corrected chi connectivity index (χ1v) is 2.19. The zero-order valence-electron chi connectivity index (χ0n) is 3.49. The third kappa shape index (κ3) is 47.0. The summed E-state index contributed by atoms with van der Waals surface area (Å²) >= 11 is 0. The Balaban J connectivity index is -0.0000000800. The van der Waals surface area contributed by atoms with Gasteiger partial charge in [-0.05, 0) is 0 Å². The van der Waals surface area contributed by atoms with Crippen LogP contribution in [0.4, 0.5) is 0 Å². The molecular formula is BaO4PSr+. The van der Waals surface area contributed by atoms with Crippen LogP contribution in [0, 0.1) is 0 Å². The van der Waals surface area contributed by atoms with Crippen molar-refractivity contribution in [1.82, 2.24) is 0 Å². The molecule has 0 fully saturated rings. The van der Waals surface area contributed by atoms with Crippen LogP contribution in [0.5, 0.6) is 0 Å². The van der Waals surface area contributed by atoms with E-state index in [4.69, 9.17) is 19.2 Å². The van der Waals surface area contributed by atoms with Crippen LogP contribution in [-0.4, -0.2) is 94.4 Å². The van der Waals surface area contributed by atoms with E-state index in [1.165, 1.54) is 0 Å². The fourth-order valence-corrected chi connectivity index (χ4v) is 0. The summed E-state index contributed by atoms with van der Waals surface area (Å²) in [5.41, 5.74) is 0. The molecule has 4 nitrogen and oxygen atoms in total. The normalized spacial score (nSPS) is 8.43. The molecule has 0 aromatic heterocycles. The molecule has 7 heteroatoms. The molecule has 0 radical (unpaired) electrons. The second-order valence-corrected chi connectivity index (χ2v) is 1.34. The van der Waals surface area contributed by atoms with Gasteiger partial charge in [0.25, 0.3) is 0 Å². The van der Waals surface area contributed by atoms with E-state index in [0.717, 1.165) is 0 Å². The van der Waals surface area contributed by atoms with Gasteiger partial charge < -0.3 is 19.2 Å². The van der Waals surface area contributed by atoms with Gasteiger partial charge in [0.15, 0.2) is 0 Å². The number of rotatable bonds is 0. The Morgan fingerprint density at radius 1 is 1.14 bits per heavy atom.